The average Bonchev–Trinajstić information content (AvgIpc) is 2.42. The highest BCUT2D eigenvalue weighted by Gasteiger charge is 2.05. The average molecular weight is 283 g/mol. The number of hydrogen-bond acceptors (Lipinski definition) is 4. The van der Waals surface area contributed by atoms with E-state index in [1.54, 1.807) is 12.3 Å². The van der Waals surface area contributed by atoms with Crippen molar-refractivity contribution in [1.82, 2.24) is 14.8 Å². The lowest BCUT2D eigenvalue weighted by Crippen LogP contribution is -2.23. The molecule has 0 saturated carbocycles. The summed E-state index contributed by atoms with van der Waals surface area (Å²) in [5.41, 5.74) is 1.64. The lowest BCUT2D eigenvalue weighted by Gasteiger charge is -2.06. The van der Waals surface area contributed by atoms with E-state index < -0.39 is 0 Å². The molecule has 0 amide bonds. The minimum atomic E-state index is -0.112. The van der Waals surface area contributed by atoms with Crippen molar-refractivity contribution in [2.75, 3.05) is 0 Å². The molecule has 0 spiro atoms. The van der Waals surface area contributed by atoms with Crippen LogP contribution in [0, 0.1) is 6.92 Å². The van der Waals surface area contributed by atoms with Crippen LogP contribution in [0.1, 0.15) is 11.4 Å². The minimum absolute atomic E-state index is 0.112. The number of aromatic nitrogens is 3. The smallest absolute Gasteiger partial charge is 0.267 e. The summed E-state index contributed by atoms with van der Waals surface area (Å²) in [7, 11) is 0. The summed E-state index contributed by atoms with van der Waals surface area (Å²) in [6.45, 7) is 2.30. The van der Waals surface area contributed by atoms with Crippen molar-refractivity contribution in [3.05, 3.63) is 64.3 Å². The molecular weight excluding hydrogens is 270 g/mol. The molecule has 0 N–H and O–H groups in total. The molecule has 0 aliphatic rings. The summed E-state index contributed by atoms with van der Waals surface area (Å²) in [5.74, 6) is 0. The Morgan fingerprint density at radius 2 is 2.10 bits per heavy atom. The topological polar surface area (TPSA) is 47.8 Å². The molecular formula is C15H13N3OS. The molecule has 0 aliphatic carbocycles. The van der Waals surface area contributed by atoms with Gasteiger partial charge in [0.15, 0.2) is 0 Å². The molecule has 1 aromatic carbocycles. The molecule has 2 heterocycles. The molecule has 0 atom stereocenters. The monoisotopic (exact) mass is 283 g/mol. The fraction of sp³-hybridized carbons (Fsp3) is 0.133. The normalized spacial score (nSPS) is 10.9. The molecule has 5 heteroatoms. The third kappa shape index (κ3) is 2.44. The Bertz CT molecular complexity index is 842. The van der Waals surface area contributed by atoms with Crippen LogP contribution in [-0.2, 0) is 6.54 Å². The largest absolute Gasteiger partial charge is 0.274 e. The van der Waals surface area contributed by atoms with E-state index >= 15 is 0 Å². The van der Waals surface area contributed by atoms with E-state index in [1.165, 1.54) is 4.68 Å². The summed E-state index contributed by atoms with van der Waals surface area (Å²) < 4.78 is 1.43. The first kappa shape index (κ1) is 12.9. The maximum Gasteiger partial charge on any atom is 0.274 e. The first-order valence-electron chi connectivity index (χ1n) is 6.25. The van der Waals surface area contributed by atoms with E-state index in [9.17, 15) is 4.79 Å². The van der Waals surface area contributed by atoms with E-state index in [1.807, 2.05) is 37.3 Å². The van der Waals surface area contributed by atoms with Crippen molar-refractivity contribution in [3.63, 3.8) is 0 Å². The maximum atomic E-state index is 12.4. The van der Waals surface area contributed by atoms with Crippen LogP contribution >= 0.6 is 12.6 Å². The van der Waals surface area contributed by atoms with Crippen molar-refractivity contribution in [2.45, 2.75) is 18.4 Å². The Labute approximate surface area is 121 Å². The van der Waals surface area contributed by atoms with Gasteiger partial charge < -0.3 is 0 Å². The fourth-order valence-corrected chi connectivity index (χ4v) is 2.34. The van der Waals surface area contributed by atoms with E-state index in [-0.39, 0.29) is 5.56 Å². The van der Waals surface area contributed by atoms with Gasteiger partial charge in [-0.25, -0.2) is 4.68 Å². The fourth-order valence-electron chi connectivity index (χ4n) is 2.13. The van der Waals surface area contributed by atoms with E-state index in [2.05, 4.69) is 22.7 Å². The zero-order chi connectivity index (χ0) is 14.1. The van der Waals surface area contributed by atoms with Gasteiger partial charge in [0, 0.05) is 16.0 Å². The van der Waals surface area contributed by atoms with Crippen LogP contribution < -0.4 is 5.56 Å². The predicted octanol–water partition coefficient (Wildman–Crippen LogP) is 2.44. The number of hydrogen-bond donors (Lipinski definition) is 1. The summed E-state index contributed by atoms with van der Waals surface area (Å²) >= 11 is 4.27. The Morgan fingerprint density at radius 1 is 1.25 bits per heavy atom. The van der Waals surface area contributed by atoms with Crippen LogP contribution in [0.25, 0.3) is 10.8 Å². The number of nitrogens with zero attached hydrogens (tertiary/aromatic N) is 3. The number of rotatable bonds is 2. The standard InChI is InChI=1S/C15H13N3OS/c1-10-3-2-4-12(17-10)9-18-15(19)14-6-5-13(20)7-11(14)8-16-18/h2-8,20H,9H2,1H3. The molecule has 4 nitrogen and oxygen atoms in total. The molecule has 0 unspecified atom stereocenters. The number of thiol groups is 1. The highest BCUT2D eigenvalue weighted by atomic mass is 32.1. The van der Waals surface area contributed by atoms with Gasteiger partial charge >= 0.3 is 0 Å². The van der Waals surface area contributed by atoms with Gasteiger partial charge in [0.25, 0.3) is 5.56 Å². The third-order valence-electron chi connectivity index (χ3n) is 3.09. The molecule has 20 heavy (non-hydrogen) atoms. The quantitative estimate of drug-likeness (QED) is 0.735. The van der Waals surface area contributed by atoms with Crippen LogP contribution in [-0.4, -0.2) is 14.8 Å². The summed E-state index contributed by atoms with van der Waals surface area (Å²) in [4.78, 5) is 17.6. The highest BCUT2D eigenvalue weighted by molar-refractivity contribution is 7.80. The first-order chi connectivity index (χ1) is 9.63. The first-order valence-corrected chi connectivity index (χ1v) is 6.69. The summed E-state index contributed by atoms with van der Waals surface area (Å²) in [6, 6.07) is 11.2. The van der Waals surface area contributed by atoms with Crippen molar-refractivity contribution in [1.29, 1.82) is 0 Å². The van der Waals surface area contributed by atoms with Gasteiger partial charge in [-0.3, -0.25) is 9.78 Å². The molecule has 3 rings (SSSR count). The van der Waals surface area contributed by atoms with Crippen molar-refractivity contribution < 1.29 is 0 Å². The van der Waals surface area contributed by atoms with Gasteiger partial charge in [-0.15, -0.1) is 12.6 Å². The molecule has 0 radical (unpaired) electrons. The van der Waals surface area contributed by atoms with Crippen LogP contribution in [0.15, 0.2) is 52.3 Å². The van der Waals surface area contributed by atoms with Gasteiger partial charge in [0.1, 0.15) is 0 Å². The second kappa shape index (κ2) is 5.09. The SMILES string of the molecule is Cc1cccc(Cn2ncc3cc(S)ccc3c2=O)n1. The van der Waals surface area contributed by atoms with E-state index in [0.717, 1.165) is 21.7 Å². The molecule has 100 valence electrons. The lowest BCUT2D eigenvalue weighted by atomic mass is 10.2. The molecule has 0 aliphatic heterocycles. The van der Waals surface area contributed by atoms with Crippen LogP contribution in [0.4, 0.5) is 0 Å². The number of aryl methyl sites for hydroxylation is 1. The Morgan fingerprint density at radius 3 is 2.90 bits per heavy atom. The van der Waals surface area contributed by atoms with Crippen molar-refractivity contribution >= 4 is 23.4 Å². The van der Waals surface area contributed by atoms with E-state index in [0.29, 0.717) is 11.9 Å². The van der Waals surface area contributed by atoms with Crippen molar-refractivity contribution in [2.24, 2.45) is 0 Å². The zero-order valence-electron chi connectivity index (χ0n) is 10.9. The second-order valence-corrected chi connectivity index (χ2v) is 5.17. The van der Waals surface area contributed by atoms with Gasteiger partial charge in [-0.1, -0.05) is 6.07 Å². The Kier molecular flexibility index (Phi) is 3.28. The molecule has 0 fully saturated rings. The minimum Gasteiger partial charge on any atom is -0.267 e. The third-order valence-corrected chi connectivity index (χ3v) is 3.37. The highest BCUT2D eigenvalue weighted by Crippen LogP contribution is 2.14. The molecule has 0 bridgehead atoms. The van der Waals surface area contributed by atoms with Gasteiger partial charge in [-0.05, 0) is 37.3 Å². The second-order valence-electron chi connectivity index (χ2n) is 4.65. The van der Waals surface area contributed by atoms with Crippen LogP contribution in [0.2, 0.25) is 0 Å². The van der Waals surface area contributed by atoms with Crippen LogP contribution in [0.5, 0.6) is 0 Å². The van der Waals surface area contributed by atoms with E-state index in [4.69, 9.17) is 0 Å². The van der Waals surface area contributed by atoms with Crippen molar-refractivity contribution in [3.8, 4) is 0 Å². The maximum absolute atomic E-state index is 12.4. The number of pyridine rings is 1. The Hall–Kier alpha value is -2.14. The number of fused-ring (bicyclic) bond motifs is 1. The van der Waals surface area contributed by atoms with Crippen LogP contribution in [0.3, 0.4) is 0 Å². The summed E-state index contributed by atoms with van der Waals surface area (Å²) in [5, 5.41) is 5.65. The zero-order valence-corrected chi connectivity index (χ0v) is 11.8. The number of benzene rings is 1. The van der Waals surface area contributed by atoms with Gasteiger partial charge in [0.2, 0.25) is 0 Å². The lowest BCUT2D eigenvalue weighted by molar-refractivity contribution is 0.634. The summed E-state index contributed by atoms with van der Waals surface area (Å²) in [6.07, 6.45) is 1.69. The molecule has 0 saturated heterocycles. The molecule has 3 aromatic rings. The van der Waals surface area contributed by atoms with Gasteiger partial charge in [-0.2, -0.15) is 5.10 Å². The van der Waals surface area contributed by atoms with Gasteiger partial charge in [0.05, 0.1) is 23.8 Å². The predicted molar refractivity (Wildman–Crippen MR) is 81.3 cm³/mol. The molecule has 2 aromatic heterocycles. The Balaban J connectivity index is 2.07.